The van der Waals surface area contributed by atoms with E-state index in [4.69, 9.17) is 25.5 Å². The van der Waals surface area contributed by atoms with Gasteiger partial charge in [-0.05, 0) is 42.0 Å². The Labute approximate surface area is 162 Å². The number of hydrogen-bond acceptors (Lipinski definition) is 5. The van der Waals surface area contributed by atoms with Crippen LogP contribution < -0.4 is 14.9 Å². The van der Waals surface area contributed by atoms with Gasteiger partial charge in [-0.3, -0.25) is 4.79 Å². The zero-order valence-corrected chi connectivity index (χ0v) is 16.2. The molecular weight excluding hydrogens is 424 g/mol. The smallest absolute Gasteiger partial charge is 0.307 e. The zero-order valence-electron chi connectivity index (χ0n) is 13.9. The van der Waals surface area contributed by atoms with E-state index in [1.165, 1.54) is 20.4 Å². The molecule has 8 heteroatoms. The van der Waals surface area contributed by atoms with Crippen LogP contribution in [0.5, 0.6) is 11.5 Å². The molecule has 1 aromatic heterocycles. The van der Waals surface area contributed by atoms with Crippen molar-refractivity contribution in [1.82, 2.24) is 5.43 Å². The number of benzene rings is 2. The highest BCUT2D eigenvalue weighted by molar-refractivity contribution is 9.10. The average molecular weight is 438 g/mol. The second kappa shape index (κ2) is 7.80. The summed E-state index contributed by atoms with van der Waals surface area (Å²) in [6.07, 6.45) is 1.45. The number of rotatable bonds is 5. The van der Waals surface area contributed by atoms with Crippen molar-refractivity contribution in [2.24, 2.45) is 5.10 Å². The summed E-state index contributed by atoms with van der Waals surface area (Å²) in [5, 5.41) is 5.13. The molecular formula is C18H14BrClN2O4. The van der Waals surface area contributed by atoms with Crippen LogP contribution in [-0.4, -0.2) is 26.3 Å². The summed E-state index contributed by atoms with van der Waals surface area (Å²) in [5.74, 6) is 0.611. The fraction of sp³-hybridized carbons (Fsp3) is 0.111. The molecule has 2 aromatic carbocycles. The first-order valence-electron chi connectivity index (χ1n) is 7.46. The Hall–Kier alpha value is -2.51. The third-order valence-corrected chi connectivity index (χ3v) is 4.31. The van der Waals surface area contributed by atoms with Crippen molar-refractivity contribution in [3.63, 3.8) is 0 Å². The summed E-state index contributed by atoms with van der Waals surface area (Å²) in [6, 6.07) is 10.5. The Morgan fingerprint density at radius 3 is 2.77 bits per heavy atom. The van der Waals surface area contributed by atoms with E-state index < -0.39 is 5.91 Å². The number of amides is 1. The van der Waals surface area contributed by atoms with E-state index in [1.807, 2.05) is 12.1 Å². The number of carbonyl (C=O) groups is 1. The monoisotopic (exact) mass is 436 g/mol. The number of methoxy groups -OCH3 is 2. The first kappa shape index (κ1) is 18.3. The number of carbonyl (C=O) groups excluding carboxylic acids is 1. The number of hydrogen-bond donors (Lipinski definition) is 1. The Bertz CT molecular complexity index is 1000. The second-order valence-electron chi connectivity index (χ2n) is 5.23. The Morgan fingerprint density at radius 1 is 1.23 bits per heavy atom. The Morgan fingerprint density at radius 2 is 2.04 bits per heavy atom. The molecule has 3 rings (SSSR count). The fourth-order valence-electron chi connectivity index (χ4n) is 2.36. The van der Waals surface area contributed by atoms with Gasteiger partial charge in [0.25, 0.3) is 0 Å². The molecule has 1 amide bonds. The van der Waals surface area contributed by atoms with E-state index in [-0.39, 0.29) is 5.76 Å². The predicted octanol–water partition coefficient (Wildman–Crippen LogP) is 4.63. The van der Waals surface area contributed by atoms with Crippen LogP contribution in [0.15, 0.2) is 50.4 Å². The van der Waals surface area contributed by atoms with Gasteiger partial charge in [0.15, 0.2) is 17.3 Å². The van der Waals surface area contributed by atoms with Crippen LogP contribution in [0.3, 0.4) is 0 Å². The zero-order chi connectivity index (χ0) is 18.7. The minimum atomic E-state index is -0.458. The molecule has 0 aliphatic rings. The summed E-state index contributed by atoms with van der Waals surface area (Å²) in [6.45, 7) is 0. The summed E-state index contributed by atoms with van der Waals surface area (Å²) in [5.41, 5.74) is 3.68. The average Bonchev–Trinajstić information content (AvgIpc) is 3.04. The molecule has 0 aliphatic carbocycles. The molecule has 0 aliphatic heterocycles. The summed E-state index contributed by atoms with van der Waals surface area (Å²) in [7, 11) is 3.01. The van der Waals surface area contributed by atoms with E-state index in [1.54, 1.807) is 24.3 Å². The van der Waals surface area contributed by atoms with Crippen LogP contribution in [0.1, 0.15) is 16.1 Å². The lowest BCUT2D eigenvalue weighted by Crippen LogP contribution is -2.16. The molecule has 0 saturated heterocycles. The number of fused-ring (bicyclic) bond motifs is 1. The van der Waals surface area contributed by atoms with Gasteiger partial charge < -0.3 is 13.9 Å². The van der Waals surface area contributed by atoms with E-state index in [2.05, 4.69) is 26.5 Å². The van der Waals surface area contributed by atoms with Crippen molar-refractivity contribution in [1.29, 1.82) is 0 Å². The minimum absolute atomic E-state index is 0.167. The van der Waals surface area contributed by atoms with Gasteiger partial charge in [0.2, 0.25) is 0 Å². The SMILES string of the molecule is COc1cc(C=NNC(=O)c2cc3cc(Br)ccc3o2)cc(Cl)c1OC. The number of ether oxygens (including phenoxy) is 2. The fourth-order valence-corrected chi connectivity index (χ4v) is 3.03. The summed E-state index contributed by atoms with van der Waals surface area (Å²) < 4.78 is 16.8. The van der Waals surface area contributed by atoms with Crippen LogP contribution in [-0.2, 0) is 0 Å². The van der Waals surface area contributed by atoms with Crippen LogP contribution in [0.4, 0.5) is 0 Å². The molecule has 1 heterocycles. The van der Waals surface area contributed by atoms with Crippen LogP contribution in [0, 0.1) is 0 Å². The predicted molar refractivity (Wildman–Crippen MR) is 104 cm³/mol. The van der Waals surface area contributed by atoms with Crippen LogP contribution in [0.2, 0.25) is 5.02 Å². The van der Waals surface area contributed by atoms with Gasteiger partial charge in [0, 0.05) is 9.86 Å². The molecule has 0 saturated carbocycles. The first-order valence-corrected chi connectivity index (χ1v) is 8.63. The third kappa shape index (κ3) is 3.84. The standard InChI is InChI=1S/C18H14BrClN2O4/c1-24-15-6-10(5-13(20)17(15)25-2)9-21-22-18(23)16-8-11-7-12(19)3-4-14(11)26-16/h3-9H,1-2H3,(H,22,23). The van der Waals surface area contributed by atoms with Crippen molar-refractivity contribution in [3.05, 3.63) is 57.2 Å². The van der Waals surface area contributed by atoms with E-state index in [0.29, 0.717) is 27.7 Å². The van der Waals surface area contributed by atoms with E-state index >= 15 is 0 Å². The highest BCUT2D eigenvalue weighted by atomic mass is 79.9. The van der Waals surface area contributed by atoms with Crippen molar-refractivity contribution >= 4 is 50.6 Å². The largest absolute Gasteiger partial charge is 0.493 e. The first-order chi connectivity index (χ1) is 12.5. The second-order valence-corrected chi connectivity index (χ2v) is 6.55. The molecule has 0 bridgehead atoms. The van der Waals surface area contributed by atoms with Gasteiger partial charge in [-0.2, -0.15) is 5.10 Å². The van der Waals surface area contributed by atoms with Crippen LogP contribution >= 0.6 is 27.5 Å². The normalized spacial score (nSPS) is 11.1. The van der Waals surface area contributed by atoms with Crippen molar-refractivity contribution < 1.29 is 18.7 Å². The molecule has 134 valence electrons. The maximum Gasteiger partial charge on any atom is 0.307 e. The van der Waals surface area contributed by atoms with E-state index in [9.17, 15) is 4.79 Å². The van der Waals surface area contributed by atoms with Crippen molar-refractivity contribution in [3.8, 4) is 11.5 Å². The number of hydrazone groups is 1. The maximum absolute atomic E-state index is 12.2. The molecule has 26 heavy (non-hydrogen) atoms. The van der Waals surface area contributed by atoms with Gasteiger partial charge in [-0.15, -0.1) is 0 Å². The van der Waals surface area contributed by atoms with Gasteiger partial charge in [0.1, 0.15) is 5.58 Å². The lowest BCUT2D eigenvalue weighted by atomic mass is 10.2. The number of halogens is 2. The van der Waals surface area contributed by atoms with Gasteiger partial charge in [-0.25, -0.2) is 5.43 Å². The van der Waals surface area contributed by atoms with E-state index in [0.717, 1.165) is 9.86 Å². The molecule has 0 radical (unpaired) electrons. The quantitative estimate of drug-likeness (QED) is 0.466. The number of nitrogens with one attached hydrogen (secondary N) is 1. The number of nitrogens with zero attached hydrogens (tertiary/aromatic N) is 1. The molecule has 0 atom stereocenters. The molecule has 0 unspecified atom stereocenters. The van der Waals surface area contributed by atoms with Crippen LogP contribution in [0.25, 0.3) is 11.0 Å². The molecule has 0 spiro atoms. The highest BCUT2D eigenvalue weighted by Crippen LogP contribution is 2.35. The lowest BCUT2D eigenvalue weighted by molar-refractivity contribution is 0.0929. The van der Waals surface area contributed by atoms with Gasteiger partial charge in [-0.1, -0.05) is 27.5 Å². The van der Waals surface area contributed by atoms with Gasteiger partial charge >= 0.3 is 5.91 Å². The molecule has 3 aromatic rings. The summed E-state index contributed by atoms with van der Waals surface area (Å²) in [4.78, 5) is 12.2. The van der Waals surface area contributed by atoms with Crippen molar-refractivity contribution in [2.75, 3.05) is 14.2 Å². The third-order valence-electron chi connectivity index (χ3n) is 3.54. The van der Waals surface area contributed by atoms with Crippen molar-refractivity contribution in [2.45, 2.75) is 0 Å². The summed E-state index contributed by atoms with van der Waals surface area (Å²) >= 11 is 9.51. The highest BCUT2D eigenvalue weighted by Gasteiger charge is 2.12. The minimum Gasteiger partial charge on any atom is -0.493 e. The Balaban J connectivity index is 1.75. The topological polar surface area (TPSA) is 73.1 Å². The van der Waals surface area contributed by atoms with Gasteiger partial charge in [0.05, 0.1) is 25.5 Å². The maximum atomic E-state index is 12.2. The lowest BCUT2D eigenvalue weighted by Gasteiger charge is -2.09. The Kier molecular flexibility index (Phi) is 5.49. The number of furan rings is 1. The molecule has 1 N–H and O–H groups in total. The molecule has 6 nitrogen and oxygen atoms in total. The molecule has 0 fully saturated rings.